The Kier molecular flexibility index (Phi) is 4.57. The molecule has 7 nitrogen and oxygen atoms in total. The molecule has 0 saturated carbocycles. The largest absolute Gasteiger partial charge is 0.412 e. The van der Waals surface area contributed by atoms with Gasteiger partial charge in [0.2, 0.25) is 0 Å². The number of aryl methyl sites for hydroxylation is 2. The van der Waals surface area contributed by atoms with Crippen LogP contribution in [0.4, 0.5) is 4.79 Å². The Bertz CT molecular complexity index is 1150. The molecule has 0 bridgehead atoms. The third kappa shape index (κ3) is 3.40. The number of benzene rings is 2. The van der Waals surface area contributed by atoms with Gasteiger partial charge in [-0.2, -0.15) is 15.4 Å². The number of aromatic amines is 2. The predicted octanol–water partition coefficient (Wildman–Crippen LogP) is 4.15. The van der Waals surface area contributed by atoms with E-state index in [4.69, 9.17) is 4.74 Å². The van der Waals surface area contributed by atoms with E-state index in [2.05, 4.69) is 54.6 Å². The fourth-order valence-corrected chi connectivity index (χ4v) is 3.70. The molecule has 2 aromatic heterocycles. The van der Waals surface area contributed by atoms with Gasteiger partial charge in [0.25, 0.3) is 0 Å². The summed E-state index contributed by atoms with van der Waals surface area (Å²) in [6, 6.07) is 9.24. The maximum absolute atomic E-state index is 12.1. The zero-order chi connectivity index (χ0) is 19.0. The van der Waals surface area contributed by atoms with Crippen LogP contribution in [0.1, 0.15) is 16.8 Å². The number of aromatic nitrogens is 4. The molecule has 0 spiro atoms. The lowest BCUT2D eigenvalue weighted by atomic mass is 10.0. The monoisotopic (exact) mass is 427 g/mol. The molecule has 27 heavy (non-hydrogen) atoms. The molecule has 0 unspecified atom stereocenters. The minimum Gasteiger partial charge on any atom is -0.410 e. The molecule has 4 rings (SSSR count). The van der Waals surface area contributed by atoms with E-state index < -0.39 is 6.09 Å². The Morgan fingerprint density at radius 1 is 1.19 bits per heavy atom. The average Bonchev–Trinajstić information content (AvgIpc) is 3.23. The van der Waals surface area contributed by atoms with Gasteiger partial charge in [-0.25, -0.2) is 4.79 Å². The van der Waals surface area contributed by atoms with Crippen LogP contribution in [0.2, 0.25) is 0 Å². The molecule has 0 aliphatic carbocycles. The lowest BCUT2D eigenvalue weighted by Crippen LogP contribution is -2.28. The Morgan fingerprint density at radius 2 is 2.00 bits per heavy atom. The fourth-order valence-electron chi connectivity index (χ4n) is 3.27. The van der Waals surface area contributed by atoms with Crippen molar-refractivity contribution in [1.29, 1.82) is 0 Å². The molecule has 8 heteroatoms. The van der Waals surface area contributed by atoms with Gasteiger partial charge in [0, 0.05) is 28.2 Å². The summed E-state index contributed by atoms with van der Waals surface area (Å²) in [4.78, 5) is 15.5. The van der Waals surface area contributed by atoms with Crippen molar-refractivity contribution in [3.05, 3.63) is 51.6 Å². The highest BCUT2D eigenvalue weighted by atomic mass is 79.9. The number of nitrogens with zero attached hydrogens (tertiary/aromatic N) is 2. The van der Waals surface area contributed by atoms with E-state index in [0.717, 1.165) is 21.2 Å². The van der Waals surface area contributed by atoms with Crippen LogP contribution in [0.25, 0.3) is 21.9 Å². The maximum Gasteiger partial charge on any atom is 0.412 e. The molecular weight excluding hydrogens is 410 g/mol. The Hall–Kier alpha value is -2.87. The van der Waals surface area contributed by atoms with Crippen LogP contribution in [0.5, 0.6) is 5.75 Å². The van der Waals surface area contributed by atoms with Crippen molar-refractivity contribution < 1.29 is 9.53 Å². The van der Waals surface area contributed by atoms with Crippen molar-refractivity contribution in [1.82, 2.24) is 25.7 Å². The standard InChI is InChI=1S/C19H18BrN5O2/c1-10-3-5-14(20)18-17(10)13(11(2)22-18)7-8-21-19(26)27-12-4-6-15-16(9-12)24-25-23-15/h3-6,9,22H,7-8H2,1-2H3,(H,21,26)(H,23,24,25). The molecule has 2 heterocycles. The van der Waals surface area contributed by atoms with Crippen molar-refractivity contribution >= 4 is 44.0 Å². The molecule has 0 fully saturated rings. The van der Waals surface area contributed by atoms with E-state index in [0.29, 0.717) is 24.2 Å². The molecule has 4 aromatic rings. The lowest BCUT2D eigenvalue weighted by molar-refractivity contribution is 0.200. The number of carbonyl (C=O) groups is 1. The van der Waals surface area contributed by atoms with Crippen LogP contribution in [0, 0.1) is 13.8 Å². The molecule has 0 aliphatic heterocycles. The molecule has 138 valence electrons. The highest BCUT2D eigenvalue weighted by Gasteiger charge is 2.13. The minimum atomic E-state index is -0.492. The summed E-state index contributed by atoms with van der Waals surface area (Å²) in [5.74, 6) is 0.428. The third-order valence-electron chi connectivity index (χ3n) is 4.57. The van der Waals surface area contributed by atoms with Crippen LogP contribution in [0.3, 0.4) is 0 Å². The molecule has 1 amide bonds. The van der Waals surface area contributed by atoms with Crippen molar-refractivity contribution in [2.75, 3.05) is 6.54 Å². The smallest absolute Gasteiger partial charge is 0.410 e. The maximum atomic E-state index is 12.1. The second-order valence-corrected chi connectivity index (χ2v) is 7.24. The van der Waals surface area contributed by atoms with Gasteiger partial charge < -0.3 is 15.0 Å². The van der Waals surface area contributed by atoms with Gasteiger partial charge in [-0.15, -0.1) is 0 Å². The molecule has 0 aliphatic rings. The minimum absolute atomic E-state index is 0.428. The highest BCUT2D eigenvalue weighted by molar-refractivity contribution is 9.10. The fraction of sp³-hybridized carbons (Fsp3) is 0.211. The van der Waals surface area contributed by atoms with Crippen LogP contribution in [-0.4, -0.2) is 33.0 Å². The number of amides is 1. The summed E-state index contributed by atoms with van der Waals surface area (Å²) in [6.45, 7) is 4.62. The summed E-state index contributed by atoms with van der Waals surface area (Å²) in [7, 11) is 0. The number of halogens is 1. The van der Waals surface area contributed by atoms with Gasteiger partial charge in [0.1, 0.15) is 16.8 Å². The number of ether oxygens (including phenoxy) is 1. The summed E-state index contributed by atoms with van der Waals surface area (Å²) in [5, 5.41) is 14.5. The van der Waals surface area contributed by atoms with Crippen molar-refractivity contribution in [3.8, 4) is 5.75 Å². The van der Waals surface area contributed by atoms with Crippen molar-refractivity contribution in [2.24, 2.45) is 0 Å². The molecular formula is C19H18BrN5O2. The van der Waals surface area contributed by atoms with E-state index in [-0.39, 0.29) is 0 Å². The van der Waals surface area contributed by atoms with E-state index in [1.807, 2.05) is 13.0 Å². The molecule has 3 N–H and O–H groups in total. The van der Waals surface area contributed by atoms with Crippen molar-refractivity contribution in [2.45, 2.75) is 20.3 Å². The number of rotatable bonds is 4. The summed E-state index contributed by atoms with van der Waals surface area (Å²) in [6.07, 6.45) is 0.217. The number of nitrogens with one attached hydrogen (secondary N) is 3. The predicted molar refractivity (Wildman–Crippen MR) is 107 cm³/mol. The summed E-state index contributed by atoms with van der Waals surface area (Å²) >= 11 is 3.59. The number of hydrogen-bond acceptors (Lipinski definition) is 4. The van der Waals surface area contributed by atoms with E-state index in [1.165, 1.54) is 16.5 Å². The Balaban J connectivity index is 1.42. The van der Waals surface area contributed by atoms with Gasteiger partial charge in [-0.3, -0.25) is 0 Å². The van der Waals surface area contributed by atoms with E-state index in [1.54, 1.807) is 18.2 Å². The van der Waals surface area contributed by atoms with Crippen LogP contribution in [-0.2, 0) is 6.42 Å². The van der Waals surface area contributed by atoms with Crippen molar-refractivity contribution in [3.63, 3.8) is 0 Å². The van der Waals surface area contributed by atoms with E-state index >= 15 is 0 Å². The Morgan fingerprint density at radius 3 is 2.85 bits per heavy atom. The van der Waals surface area contributed by atoms with E-state index in [9.17, 15) is 4.79 Å². The number of fused-ring (bicyclic) bond motifs is 2. The summed E-state index contributed by atoms with van der Waals surface area (Å²) in [5.41, 5.74) is 5.97. The van der Waals surface area contributed by atoms with Gasteiger partial charge in [0.15, 0.2) is 0 Å². The highest BCUT2D eigenvalue weighted by Crippen LogP contribution is 2.31. The normalized spacial score (nSPS) is 11.2. The van der Waals surface area contributed by atoms with Gasteiger partial charge >= 0.3 is 6.09 Å². The lowest BCUT2D eigenvalue weighted by Gasteiger charge is -2.08. The second kappa shape index (κ2) is 7.03. The summed E-state index contributed by atoms with van der Waals surface area (Å²) < 4.78 is 6.36. The van der Waals surface area contributed by atoms with Gasteiger partial charge in [-0.1, -0.05) is 6.07 Å². The SMILES string of the molecule is Cc1[nH]c2c(Br)ccc(C)c2c1CCNC(=O)Oc1ccc2n[nH]nc2c1. The third-order valence-corrected chi connectivity index (χ3v) is 5.23. The van der Waals surface area contributed by atoms with Crippen LogP contribution >= 0.6 is 15.9 Å². The molecule has 0 saturated heterocycles. The first-order chi connectivity index (χ1) is 13.0. The van der Waals surface area contributed by atoms with Gasteiger partial charge in [0.05, 0.1) is 5.52 Å². The number of H-pyrrole nitrogens is 2. The first-order valence-corrected chi connectivity index (χ1v) is 9.34. The van der Waals surface area contributed by atoms with Crippen LogP contribution < -0.4 is 10.1 Å². The average molecular weight is 428 g/mol. The first kappa shape index (κ1) is 17.5. The number of hydrogen-bond donors (Lipinski definition) is 3. The second-order valence-electron chi connectivity index (χ2n) is 6.38. The van der Waals surface area contributed by atoms with Gasteiger partial charge in [-0.05, 0) is 65.5 Å². The van der Waals surface area contributed by atoms with Crippen LogP contribution in [0.15, 0.2) is 34.8 Å². The molecule has 0 radical (unpaired) electrons. The zero-order valence-corrected chi connectivity index (χ0v) is 16.5. The zero-order valence-electron chi connectivity index (χ0n) is 14.9. The molecule has 0 atom stereocenters. The number of carbonyl (C=O) groups excluding carboxylic acids is 1. The molecule has 2 aromatic carbocycles. The quantitative estimate of drug-likeness (QED) is 0.455. The Labute approximate surface area is 163 Å². The topological polar surface area (TPSA) is 95.7 Å². The first-order valence-electron chi connectivity index (χ1n) is 8.55.